The van der Waals surface area contributed by atoms with Gasteiger partial charge in [0.1, 0.15) is 12.2 Å². The van der Waals surface area contributed by atoms with Crippen molar-refractivity contribution < 1.29 is 14.7 Å². The molecule has 0 radical (unpaired) electrons. The summed E-state index contributed by atoms with van der Waals surface area (Å²) in [4.78, 5) is 23.5. The van der Waals surface area contributed by atoms with Crippen molar-refractivity contribution in [3.8, 4) is 5.75 Å². The Morgan fingerprint density at radius 2 is 1.96 bits per heavy atom. The SMILES string of the molecule is O=C(CC(=O)Nc1ccccc1Br)N/N=C/c1cc(Cl)ccc1O. The van der Waals surface area contributed by atoms with Gasteiger partial charge in [-0.3, -0.25) is 9.59 Å². The van der Waals surface area contributed by atoms with Crippen LogP contribution in [-0.2, 0) is 9.59 Å². The number of phenolic OH excluding ortho intramolecular Hbond substituents is 1. The topological polar surface area (TPSA) is 90.8 Å². The van der Waals surface area contributed by atoms with Crippen molar-refractivity contribution in [1.82, 2.24) is 5.43 Å². The average molecular weight is 411 g/mol. The molecule has 2 rings (SSSR count). The molecule has 3 N–H and O–H groups in total. The lowest BCUT2D eigenvalue weighted by atomic mass is 10.2. The molecule has 8 heteroatoms. The molecule has 0 unspecified atom stereocenters. The van der Waals surface area contributed by atoms with Crippen LogP contribution in [0.4, 0.5) is 5.69 Å². The van der Waals surface area contributed by atoms with E-state index in [4.69, 9.17) is 11.6 Å². The average Bonchev–Trinajstić information content (AvgIpc) is 2.53. The highest BCUT2D eigenvalue weighted by Crippen LogP contribution is 2.21. The van der Waals surface area contributed by atoms with Gasteiger partial charge in [-0.2, -0.15) is 5.10 Å². The number of aromatic hydroxyl groups is 1. The summed E-state index contributed by atoms with van der Waals surface area (Å²) in [5, 5.41) is 16.3. The first-order valence-corrected chi connectivity index (χ1v) is 7.97. The van der Waals surface area contributed by atoms with Crippen LogP contribution < -0.4 is 10.7 Å². The zero-order chi connectivity index (χ0) is 17.5. The predicted molar refractivity (Wildman–Crippen MR) is 96.2 cm³/mol. The van der Waals surface area contributed by atoms with Gasteiger partial charge >= 0.3 is 0 Å². The molecule has 0 aliphatic heterocycles. The second-order valence-corrected chi connectivity index (χ2v) is 5.99. The second kappa shape index (κ2) is 8.47. The number of carbonyl (C=O) groups excluding carboxylic acids is 2. The Morgan fingerprint density at radius 3 is 2.71 bits per heavy atom. The molecule has 0 saturated carbocycles. The number of anilines is 1. The second-order valence-electron chi connectivity index (χ2n) is 4.70. The van der Waals surface area contributed by atoms with Gasteiger partial charge < -0.3 is 10.4 Å². The zero-order valence-corrected chi connectivity index (χ0v) is 14.6. The molecule has 0 heterocycles. The lowest BCUT2D eigenvalue weighted by Gasteiger charge is -2.06. The van der Waals surface area contributed by atoms with Gasteiger partial charge in [0.2, 0.25) is 11.8 Å². The summed E-state index contributed by atoms with van der Waals surface area (Å²) in [5.74, 6) is -1.08. The normalized spacial score (nSPS) is 10.6. The molecule has 24 heavy (non-hydrogen) atoms. The van der Waals surface area contributed by atoms with E-state index in [-0.39, 0.29) is 12.2 Å². The van der Waals surface area contributed by atoms with Crippen LogP contribution in [0.1, 0.15) is 12.0 Å². The molecular formula is C16H13BrClN3O3. The van der Waals surface area contributed by atoms with Gasteiger partial charge in [0.15, 0.2) is 0 Å². The number of hydrogen-bond acceptors (Lipinski definition) is 4. The largest absolute Gasteiger partial charge is 0.507 e. The maximum atomic E-state index is 11.8. The number of phenols is 1. The number of rotatable bonds is 5. The zero-order valence-electron chi connectivity index (χ0n) is 12.3. The molecule has 0 atom stereocenters. The fourth-order valence-electron chi connectivity index (χ4n) is 1.74. The molecular weight excluding hydrogens is 398 g/mol. The van der Waals surface area contributed by atoms with E-state index in [1.165, 1.54) is 24.4 Å². The van der Waals surface area contributed by atoms with Crippen molar-refractivity contribution in [2.24, 2.45) is 5.10 Å². The lowest BCUT2D eigenvalue weighted by molar-refractivity contribution is -0.126. The first-order chi connectivity index (χ1) is 11.5. The standard InChI is InChI=1S/C16H13BrClN3O3/c17-12-3-1-2-4-13(12)20-15(23)8-16(24)21-19-9-10-7-11(18)5-6-14(10)22/h1-7,9,22H,8H2,(H,20,23)(H,21,24)/b19-9+. The van der Waals surface area contributed by atoms with Gasteiger partial charge in [-0.05, 0) is 46.3 Å². The van der Waals surface area contributed by atoms with E-state index in [1.54, 1.807) is 18.2 Å². The van der Waals surface area contributed by atoms with Gasteiger partial charge in [-0.1, -0.05) is 23.7 Å². The minimum absolute atomic E-state index is 0.0240. The third-order valence-corrected chi connectivity index (χ3v) is 3.78. The van der Waals surface area contributed by atoms with Crippen molar-refractivity contribution >= 4 is 51.2 Å². The molecule has 0 aliphatic rings. The summed E-state index contributed by atoms with van der Waals surface area (Å²) in [5.41, 5.74) is 3.13. The molecule has 0 aromatic heterocycles. The van der Waals surface area contributed by atoms with Crippen molar-refractivity contribution in [2.45, 2.75) is 6.42 Å². The Hall–Kier alpha value is -2.38. The van der Waals surface area contributed by atoms with Crippen molar-refractivity contribution in [3.63, 3.8) is 0 Å². The number of carbonyl (C=O) groups is 2. The Balaban J connectivity index is 1.87. The molecule has 6 nitrogen and oxygen atoms in total. The van der Waals surface area contributed by atoms with Crippen LogP contribution in [0.5, 0.6) is 5.75 Å². The van der Waals surface area contributed by atoms with Crippen LogP contribution in [0.3, 0.4) is 0 Å². The number of para-hydroxylation sites is 1. The van der Waals surface area contributed by atoms with E-state index in [0.29, 0.717) is 20.7 Å². The quantitative estimate of drug-likeness (QED) is 0.401. The van der Waals surface area contributed by atoms with E-state index in [2.05, 4.69) is 31.8 Å². The van der Waals surface area contributed by atoms with E-state index < -0.39 is 11.8 Å². The Morgan fingerprint density at radius 1 is 1.21 bits per heavy atom. The van der Waals surface area contributed by atoms with Crippen LogP contribution in [0.15, 0.2) is 52.0 Å². The third-order valence-electron chi connectivity index (χ3n) is 2.85. The Kier molecular flexibility index (Phi) is 6.34. The third kappa shape index (κ3) is 5.36. The first kappa shape index (κ1) is 18.0. The summed E-state index contributed by atoms with van der Waals surface area (Å²) in [7, 11) is 0. The maximum Gasteiger partial charge on any atom is 0.249 e. The summed E-state index contributed by atoms with van der Waals surface area (Å²) >= 11 is 9.10. The molecule has 2 aromatic rings. The fourth-order valence-corrected chi connectivity index (χ4v) is 2.31. The number of hydrogen-bond donors (Lipinski definition) is 3. The van der Waals surface area contributed by atoms with Crippen LogP contribution >= 0.6 is 27.5 Å². The summed E-state index contributed by atoms with van der Waals surface area (Å²) in [6.45, 7) is 0. The molecule has 0 fully saturated rings. The maximum absolute atomic E-state index is 11.8. The monoisotopic (exact) mass is 409 g/mol. The number of nitrogens with one attached hydrogen (secondary N) is 2. The van der Waals surface area contributed by atoms with E-state index in [9.17, 15) is 14.7 Å². The first-order valence-electron chi connectivity index (χ1n) is 6.80. The van der Waals surface area contributed by atoms with Crippen LogP contribution in [0.25, 0.3) is 0 Å². The minimum atomic E-state index is -0.586. The van der Waals surface area contributed by atoms with Crippen LogP contribution in [0.2, 0.25) is 5.02 Å². The molecule has 0 spiro atoms. The summed E-state index contributed by atoms with van der Waals surface area (Å²) in [6.07, 6.45) is 0.852. The number of hydrazone groups is 1. The van der Waals surface area contributed by atoms with Crippen molar-refractivity contribution in [1.29, 1.82) is 0 Å². The predicted octanol–water partition coefficient (Wildman–Crippen LogP) is 3.29. The number of nitrogens with zero attached hydrogens (tertiary/aromatic N) is 1. The van der Waals surface area contributed by atoms with Gasteiger partial charge in [0.25, 0.3) is 0 Å². The van der Waals surface area contributed by atoms with Gasteiger partial charge in [0, 0.05) is 15.1 Å². The van der Waals surface area contributed by atoms with E-state index >= 15 is 0 Å². The minimum Gasteiger partial charge on any atom is -0.507 e. The fraction of sp³-hybridized carbons (Fsp3) is 0.0625. The number of amides is 2. The molecule has 0 aliphatic carbocycles. The summed E-state index contributed by atoms with van der Waals surface area (Å²) in [6, 6.07) is 11.5. The van der Waals surface area contributed by atoms with Crippen LogP contribution in [-0.4, -0.2) is 23.1 Å². The number of halogens is 2. The molecule has 2 aromatic carbocycles. The molecule has 0 saturated heterocycles. The summed E-state index contributed by atoms with van der Waals surface area (Å²) < 4.78 is 0.716. The van der Waals surface area contributed by atoms with Gasteiger partial charge in [0.05, 0.1) is 11.9 Å². The Bertz CT molecular complexity index is 796. The smallest absolute Gasteiger partial charge is 0.249 e. The highest BCUT2D eigenvalue weighted by atomic mass is 79.9. The van der Waals surface area contributed by atoms with Crippen LogP contribution in [0, 0.1) is 0 Å². The molecule has 2 amide bonds. The molecule has 0 bridgehead atoms. The Labute approximate surface area is 151 Å². The molecule has 124 valence electrons. The van der Waals surface area contributed by atoms with Crippen molar-refractivity contribution in [3.05, 3.63) is 57.5 Å². The van der Waals surface area contributed by atoms with E-state index in [0.717, 1.165) is 0 Å². The van der Waals surface area contributed by atoms with Crippen molar-refractivity contribution in [2.75, 3.05) is 5.32 Å². The van der Waals surface area contributed by atoms with Gasteiger partial charge in [-0.25, -0.2) is 5.43 Å². The van der Waals surface area contributed by atoms with E-state index in [1.807, 2.05) is 6.07 Å². The highest BCUT2D eigenvalue weighted by Gasteiger charge is 2.10. The highest BCUT2D eigenvalue weighted by molar-refractivity contribution is 9.10. The van der Waals surface area contributed by atoms with Gasteiger partial charge in [-0.15, -0.1) is 0 Å². The number of benzene rings is 2. The lowest BCUT2D eigenvalue weighted by Crippen LogP contribution is -2.24.